The highest BCUT2D eigenvalue weighted by Crippen LogP contribution is 2.24. The van der Waals surface area contributed by atoms with E-state index in [1.54, 1.807) is 18.2 Å². The maximum absolute atomic E-state index is 12.7. The molecule has 0 spiro atoms. The lowest BCUT2D eigenvalue weighted by molar-refractivity contribution is 0.0746. The van der Waals surface area contributed by atoms with Gasteiger partial charge in [-0.25, -0.2) is 0 Å². The van der Waals surface area contributed by atoms with Crippen molar-refractivity contribution in [2.45, 2.75) is 19.4 Å². The lowest BCUT2D eigenvalue weighted by Gasteiger charge is -2.21. The van der Waals surface area contributed by atoms with Crippen LogP contribution in [0.5, 0.6) is 0 Å². The van der Waals surface area contributed by atoms with E-state index in [1.807, 2.05) is 17.0 Å². The highest BCUT2D eigenvalue weighted by atomic mass is 35.5. The van der Waals surface area contributed by atoms with Gasteiger partial charge >= 0.3 is 0 Å². The van der Waals surface area contributed by atoms with Crippen LogP contribution in [0.3, 0.4) is 0 Å². The molecule has 0 unspecified atom stereocenters. The van der Waals surface area contributed by atoms with Crippen LogP contribution in [0.2, 0.25) is 5.02 Å². The van der Waals surface area contributed by atoms with E-state index in [0.29, 0.717) is 22.8 Å². The number of nitrogen functional groups attached to an aromatic ring is 1. The Labute approximate surface area is 129 Å². The van der Waals surface area contributed by atoms with Crippen LogP contribution < -0.4 is 5.73 Å². The van der Waals surface area contributed by atoms with Crippen molar-refractivity contribution in [3.63, 3.8) is 0 Å². The smallest absolute Gasteiger partial charge is 0.255 e. The maximum Gasteiger partial charge on any atom is 0.255 e. The van der Waals surface area contributed by atoms with Crippen LogP contribution in [0.4, 0.5) is 5.69 Å². The number of carbonyl (C=O) groups excluding carboxylic acids is 1. The summed E-state index contributed by atoms with van der Waals surface area (Å²) in [5.41, 5.74) is 9.35. The summed E-state index contributed by atoms with van der Waals surface area (Å²) in [5, 5.41) is 0.451. The monoisotopic (exact) mass is 300 g/mol. The van der Waals surface area contributed by atoms with Crippen molar-refractivity contribution in [2.24, 2.45) is 0 Å². The number of halogens is 1. The van der Waals surface area contributed by atoms with Gasteiger partial charge in [-0.2, -0.15) is 0 Å². The normalized spacial score (nSPS) is 14.4. The number of hydrogen-bond acceptors (Lipinski definition) is 2. The van der Waals surface area contributed by atoms with Crippen molar-refractivity contribution < 1.29 is 4.79 Å². The predicted molar refractivity (Wildman–Crippen MR) is 85.4 cm³/mol. The summed E-state index contributed by atoms with van der Waals surface area (Å²) in [6.07, 6.45) is 1.97. The zero-order valence-corrected chi connectivity index (χ0v) is 12.4. The Hall–Kier alpha value is -2.00. The number of carbonyl (C=O) groups is 1. The Bertz CT molecular complexity index is 684. The van der Waals surface area contributed by atoms with Crippen molar-refractivity contribution in [3.8, 4) is 0 Å². The molecule has 21 heavy (non-hydrogen) atoms. The SMILES string of the molecule is Nc1ccc(Cl)c(C(=O)N2CCCc3ccccc3C2)c1. The second-order valence-electron chi connectivity index (χ2n) is 5.34. The highest BCUT2D eigenvalue weighted by Gasteiger charge is 2.21. The minimum absolute atomic E-state index is 0.0518. The molecule has 0 aliphatic carbocycles. The summed E-state index contributed by atoms with van der Waals surface area (Å²) >= 11 is 6.15. The molecule has 2 N–H and O–H groups in total. The molecule has 1 heterocycles. The van der Waals surface area contributed by atoms with Crippen LogP contribution in [-0.4, -0.2) is 17.4 Å². The van der Waals surface area contributed by atoms with Crippen LogP contribution in [0.15, 0.2) is 42.5 Å². The van der Waals surface area contributed by atoms with Gasteiger partial charge in [0.1, 0.15) is 0 Å². The molecule has 108 valence electrons. The van der Waals surface area contributed by atoms with Crippen molar-refractivity contribution in [2.75, 3.05) is 12.3 Å². The van der Waals surface area contributed by atoms with Gasteiger partial charge in [0.05, 0.1) is 10.6 Å². The maximum atomic E-state index is 12.7. The molecule has 3 nitrogen and oxygen atoms in total. The molecule has 1 aliphatic heterocycles. The molecule has 0 saturated heterocycles. The van der Waals surface area contributed by atoms with Crippen LogP contribution in [0.25, 0.3) is 0 Å². The summed E-state index contributed by atoms with van der Waals surface area (Å²) in [5.74, 6) is -0.0518. The molecular formula is C17H17ClN2O. The Kier molecular flexibility index (Phi) is 3.84. The van der Waals surface area contributed by atoms with E-state index in [1.165, 1.54) is 11.1 Å². The minimum Gasteiger partial charge on any atom is -0.399 e. The molecule has 0 aromatic heterocycles. The number of rotatable bonds is 1. The molecule has 4 heteroatoms. The Morgan fingerprint density at radius 1 is 1.14 bits per heavy atom. The van der Waals surface area contributed by atoms with E-state index in [-0.39, 0.29) is 5.91 Å². The zero-order valence-electron chi connectivity index (χ0n) is 11.7. The molecule has 0 radical (unpaired) electrons. The molecule has 2 aromatic carbocycles. The van der Waals surface area contributed by atoms with Gasteiger partial charge in [-0.05, 0) is 42.2 Å². The second kappa shape index (κ2) is 5.78. The number of hydrogen-bond donors (Lipinski definition) is 1. The van der Waals surface area contributed by atoms with E-state index in [0.717, 1.165) is 19.4 Å². The quantitative estimate of drug-likeness (QED) is 0.819. The number of nitrogens with two attached hydrogens (primary N) is 1. The van der Waals surface area contributed by atoms with Crippen LogP contribution in [0.1, 0.15) is 27.9 Å². The van der Waals surface area contributed by atoms with Crippen LogP contribution in [0, 0.1) is 0 Å². The molecule has 2 aromatic rings. The highest BCUT2D eigenvalue weighted by molar-refractivity contribution is 6.34. The van der Waals surface area contributed by atoms with E-state index < -0.39 is 0 Å². The average molecular weight is 301 g/mol. The number of aryl methyl sites for hydroxylation is 1. The summed E-state index contributed by atoms with van der Waals surface area (Å²) in [4.78, 5) is 14.6. The first-order valence-corrected chi connectivity index (χ1v) is 7.44. The summed E-state index contributed by atoms with van der Waals surface area (Å²) < 4.78 is 0. The largest absolute Gasteiger partial charge is 0.399 e. The van der Waals surface area contributed by atoms with Crippen molar-refractivity contribution in [1.82, 2.24) is 4.90 Å². The molecule has 0 saturated carbocycles. The van der Waals surface area contributed by atoms with Gasteiger partial charge in [0.25, 0.3) is 5.91 Å². The van der Waals surface area contributed by atoms with Crippen molar-refractivity contribution in [1.29, 1.82) is 0 Å². The van der Waals surface area contributed by atoms with Gasteiger partial charge in [-0.15, -0.1) is 0 Å². The van der Waals surface area contributed by atoms with Gasteiger partial charge in [-0.1, -0.05) is 35.9 Å². The number of amides is 1. The van der Waals surface area contributed by atoms with Gasteiger partial charge in [-0.3, -0.25) is 4.79 Å². The first kappa shape index (κ1) is 14.0. The third kappa shape index (κ3) is 2.88. The third-order valence-corrected chi connectivity index (χ3v) is 4.19. The number of nitrogens with zero attached hydrogens (tertiary/aromatic N) is 1. The fourth-order valence-electron chi connectivity index (χ4n) is 2.75. The molecule has 3 rings (SSSR count). The summed E-state index contributed by atoms with van der Waals surface area (Å²) in [6.45, 7) is 1.36. The molecule has 0 atom stereocenters. The number of anilines is 1. The number of benzene rings is 2. The molecule has 0 bridgehead atoms. The standard InChI is InChI=1S/C17H17ClN2O/c18-16-8-7-14(19)10-15(16)17(21)20-9-3-6-12-4-1-2-5-13(12)11-20/h1-2,4-5,7-8,10H,3,6,9,11,19H2. The second-order valence-corrected chi connectivity index (χ2v) is 5.75. The first-order chi connectivity index (χ1) is 10.1. The lowest BCUT2D eigenvalue weighted by atomic mass is 10.0. The van der Waals surface area contributed by atoms with E-state index in [4.69, 9.17) is 17.3 Å². The topological polar surface area (TPSA) is 46.3 Å². The molecule has 0 fully saturated rings. The molecular weight excluding hydrogens is 284 g/mol. The van der Waals surface area contributed by atoms with Crippen molar-refractivity contribution >= 4 is 23.2 Å². The molecule has 1 aliphatic rings. The zero-order chi connectivity index (χ0) is 14.8. The lowest BCUT2D eigenvalue weighted by Crippen LogP contribution is -2.31. The van der Waals surface area contributed by atoms with Crippen LogP contribution >= 0.6 is 11.6 Å². The van der Waals surface area contributed by atoms with E-state index in [9.17, 15) is 4.79 Å². The fraction of sp³-hybridized carbons (Fsp3) is 0.235. The number of fused-ring (bicyclic) bond motifs is 1. The Morgan fingerprint density at radius 3 is 2.71 bits per heavy atom. The van der Waals surface area contributed by atoms with Gasteiger partial charge in [0.15, 0.2) is 0 Å². The van der Waals surface area contributed by atoms with Gasteiger partial charge in [0.2, 0.25) is 0 Å². The predicted octanol–water partition coefficient (Wildman–Crippen LogP) is 3.51. The minimum atomic E-state index is -0.0518. The van der Waals surface area contributed by atoms with E-state index >= 15 is 0 Å². The molecule has 1 amide bonds. The fourth-order valence-corrected chi connectivity index (χ4v) is 2.95. The Morgan fingerprint density at radius 2 is 1.90 bits per heavy atom. The van der Waals surface area contributed by atoms with Gasteiger partial charge in [0, 0.05) is 18.8 Å². The van der Waals surface area contributed by atoms with Gasteiger partial charge < -0.3 is 10.6 Å². The Balaban J connectivity index is 1.90. The first-order valence-electron chi connectivity index (χ1n) is 7.06. The van der Waals surface area contributed by atoms with Crippen LogP contribution in [-0.2, 0) is 13.0 Å². The van der Waals surface area contributed by atoms with E-state index in [2.05, 4.69) is 12.1 Å². The van der Waals surface area contributed by atoms with Crippen molar-refractivity contribution in [3.05, 3.63) is 64.2 Å². The summed E-state index contributed by atoms with van der Waals surface area (Å²) in [7, 11) is 0. The third-order valence-electron chi connectivity index (χ3n) is 3.86. The summed E-state index contributed by atoms with van der Waals surface area (Å²) in [6, 6.07) is 13.3. The average Bonchev–Trinajstić information content (AvgIpc) is 2.71.